The van der Waals surface area contributed by atoms with E-state index in [9.17, 15) is 62.6 Å². The minimum Gasteiger partial charge on any atom is -0.492 e. The molecule has 2 saturated heterocycles. The van der Waals surface area contributed by atoms with Gasteiger partial charge in [0.05, 0.1) is 19.4 Å². The largest absolute Gasteiger partial charge is 0.492 e. The maximum Gasteiger partial charge on any atom is 0.303 e. The van der Waals surface area contributed by atoms with Gasteiger partial charge in [0.1, 0.15) is 84.4 Å². The number of benzene rings is 4. The van der Waals surface area contributed by atoms with Crippen molar-refractivity contribution < 1.29 is 101 Å². The first-order valence-corrected chi connectivity index (χ1v) is 45.6. The van der Waals surface area contributed by atoms with Crippen LogP contribution in [0, 0.1) is 6.92 Å². The summed E-state index contributed by atoms with van der Waals surface area (Å²) in [5.41, 5.74) is 23.7. The van der Waals surface area contributed by atoms with Crippen LogP contribution in [0.15, 0.2) is 116 Å². The van der Waals surface area contributed by atoms with Crippen LogP contribution in [0.4, 0.5) is 0 Å². The maximum absolute atomic E-state index is 16.4. The number of pyridine rings is 1. The fourth-order valence-electron chi connectivity index (χ4n) is 15.1. The number of nitrogens with zero attached hydrogens (tertiary/aromatic N) is 2. The number of para-hydroxylation sites is 1. The monoisotopic (exact) mass is 1880 g/mol. The Hall–Kier alpha value is -13.3. The molecule has 11 atom stereocenters. The quantitative estimate of drug-likeness (QED) is 0.0160. The van der Waals surface area contributed by atoms with Crippen LogP contribution in [-0.4, -0.2) is 254 Å². The van der Waals surface area contributed by atoms with Gasteiger partial charge in [-0.1, -0.05) is 107 Å². The number of carbonyl (C=O) groups excluding carboxylic acids is 17. The molecule has 2 aliphatic rings. The number of aromatic nitrogens is 2. The summed E-state index contributed by atoms with van der Waals surface area (Å²) < 4.78 is 8.34. The number of hydrogen-bond donors (Lipinski definition) is 19. The Morgan fingerprint density at radius 3 is 1.86 bits per heavy atom. The highest BCUT2D eigenvalue weighted by molar-refractivity contribution is 8.77. The Bertz CT molecular complexity index is 5230. The number of ether oxygens (including phenoxy) is 2. The highest BCUT2D eigenvalue weighted by atomic mass is 33.1. The van der Waals surface area contributed by atoms with Crippen molar-refractivity contribution in [2.24, 2.45) is 22.9 Å². The molecule has 0 saturated carbocycles. The zero-order valence-corrected chi connectivity index (χ0v) is 77.2. The summed E-state index contributed by atoms with van der Waals surface area (Å²) in [7, 11) is 3.07. The lowest BCUT2D eigenvalue weighted by molar-refractivity contribution is -0.142. The first kappa shape index (κ1) is 105. The summed E-state index contributed by atoms with van der Waals surface area (Å²) in [6, 6.07) is 8.65. The molecule has 41 nitrogen and oxygen atoms in total. The van der Waals surface area contributed by atoms with Gasteiger partial charge in [-0.05, 0) is 124 Å². The van der Waals surface area contributed by atoms with Crippen molar-refractivity contribution in [3.8, 4) is 5.75 Å². The standard InChI is InChI=1S/C90H120N20O21S2/c1-10-60-76(118)102-65(43-57-47-97-73-49(2)17-15-21-59(57)73)80(122)100-61(22-13-14-35-96-50(3)111)78(120)108-75(89(7,8)133-132-88(5,6)74(98-51(4)112)84(126)105-67(45-70(93)114)81(123)99-60)85(127)104-63(40-52-24-27-58(28-25-52)131-38-33-91)79(121)101-64(41-53-23-26-55-19-11-12-20-56(55)39-53)83(125)109-90(31-36-130-37-32-90)87(129)107-62(29-30-72(116)117)77(119)103-66(44-69(92)113)82(124)106-68(42-54-18-16-34-95-46-54)86(128)110(9)48-71(94)115/h11-12,15-21,23-28,34,39,46-47,60-68,74-75,97H,10,13-14,22,29-33,35-38,40-45,48,91H2,1-9H3,(H2,92,113)(H2,93,114)(H2,94,115)(H,96,111)(H,98,112)(H,99,123)(H,100,122)(H,101,121)(H,102,118)(H,103,119)(H,104,127)(H,105,126)(H,106,124)(H,107,129)(H,108,120)(H,109,125)(H,116,117)/t60-,61-,62-,63-,64-,65-,66-,67-,68-,74+,75+/m0/s1. The number of fused-ring (bicyclic) bond motifs is 2. The molecular formula is C90H120N20O21S2. The fraction of sp³-hybridized carbons (Fsp3) is 0.478. The van der Waals surface area contributed by atoms with E-state index in [1.54, 1.807) is 98.0 Å². The Balaban J connectivity index is 1.22. The molecule has 43 heteroatoms. The van der Waals surface area contributed by atoms with Crippen LogP contribution in [0.1, 0.15) is 140 Å². The number of H-pyrrole nitrogens is 1. The van der Waals surface area contributed by atoms with Crippen LogP contribution in [0.5, 0.6) is 5.75 Å². The topological polar surface area (TPSA) is 638 Å². The van der Waals surface area contributed by atoms with E-state index in [0.29, 0.717) is 44.3 Å². The number of unbranched alkanes of at least 4 members (excludes halogenated alkanes) is 1. The summed E-state index contributed by atoms with van der Waals surface area (Å²) in [5, 5.41) is 47.0. The molecule has 2 aromatic heterocycles. The molecule has 4 aromatic carbocycles. The molecule has 0 bridgehead atoms. The number of likely N-dealkylation sites (N-methyl/N-ethyl adjacent to an activating group) is 1. The zero-order valence-electron chi connectivity index (χ0n) is 75.6. The molecule has 0 spiro atoms. The first-order chi connectivity index (χ1) is 63.0. The summed E-state index contributed by atoms with van der Waals surface area (Å²) >= 11 is 0. The molecular weight excluding hydrogens is 1760 g/mol. The normalized spacial score (nSPS) is 19.3. The van der Waals surface area contributed by atoms with Crippen molar-refractivity contribution in [2.75, 3.05) is 46.5 Å². The van der Waals surface area contributed by atoms with E-state index in [2.05, 4.69) is 79.1 Å². The van der Waals surface area contributed by atoms with Gasteiger partial charge in [-0.25, -0.2) is 0 Å². The van der Waals surface area contributed by atoms with Crippen molar-refractivity contribution in [1.82, 2.24) is 84.0 Å². The number of carboxylic acids is 1. The van der Waals surface area contributed by atoms with Gasteiger partial charge < -0.3 is 117 Å². The van der Waals surface area contributed by atoms with Gasteiger partial charge in [0, 0.05) is 131 Å². The van der Waals surface area contributed by atoms with Gasteiger partial charge in [-0.3, -0.25) is 91.3 Å². The van der Waals surface area contributed by atoms with Crippen molar-refractivity contribution in [3.63, 3.8) is 0 Å². The van der Waals surface area contributed by atoms with Crippen LogP contribution >= 0.6 is 21.6 Å². The summed E-state index contributed by atoms with van der Waals surface area (Å²) in [6.07, 6.45) is -0.581. The molecule has 2 fully saturated rings. The second-order valence-electron chi connectivity index (χ2n) is 33.9. The van der Waals surface area contributed by atoms with Crippen LogP contribution in [0.2, 0.25) is 0 Å². The average Bonchev–Trinajstić information content (AvgIpc) is 1.79. The van der Waals surface area contributed by atoms with E-state index < -0.39 is 221 Å². The Morgan fingerprint density at radius 2 is 1.22 bits per heavy atom. The lowest BCUT2D eigenvalue weighted by atomic mass is 9.87. The summed E-state index contributed by atoms with van der Waals surface area (Å²) in [6.45, 7) is 11.3. The molecule has 0 radical (unpaired) electrons. The van der Waals surface area contributed by atoms with Crippen LogP contribution in [-0.2, 0) is 117 Å². The van der Waals surface area contributed by atoms with Crippen LogP contribution in [0.25, 0.3) is 21.7 Å². The zero-order chi connectivity index (χ0) is 97.6. The van der Waals surface area contributed by atoms with E-state index in [0.717, 1.165) is 44.4 Å². The van der Waals surface area contributed by atoms with Crippen molar-refractivity contribution in [2.45, 2.75) is 227 Å². The van der Waals surface area contributed by atoms with Gasteiger partial charge >= 0.3 is 5.97 Å². The van der Waals surface area contributed by atoms with E-state index >= 15 is 28.8 Å². The molecule has 0 unspecified atom stereocenters. The lowest BCUT2D eigenvalue weighted by Crippen LogP contribution is -2.67. The number of aryl methyl sites for hydroxylation is 1. The summed E-state index contributed by atoms with van der Waals surface area (Å²) in [4.78, 5) is 266. The van der Waals surface area contributed by atoms with E-state index in [1.807, 2.05) is 19.1 Å². The molecule has 17 amide bonds. The molecule has 2 aliphatic heterocycles. The van der Waals surface area contributed by atoms with Gasteiger partial charge in [-0.15, -0.1) is 0 Å². The molecule has 0 aliphatic carbocycles. The Kier molecular flexibility index (Phi) is 38.9. The fourth-order valence-corrected chi connectivity index (χ4v) is 17.9. The predicted octanol–water partition coefficient (Wildman–Crippen LogP) is -1.12. The smallest absolute Gasteiger partial charge is 0.303 e. The molecule has 8 rings (SSSR count). The Morgan fingerprint density at radius 1 is 0.617 bits per heavy atom. The summed E-state index contributed by atoms with van der Waals surface area (Å²) in [5.74, 6) is -17.7. The third-order valence-corrected chi connectivity index (χ3v) is 26.6. The first-order valence-electron chi connectivity index (χ1n) is 43.5. The van der Waals surface area contributed by atoms with E-state index in [1.165, 1.54) is 54.1 Å². The van der Waals surface area contributed by atoms with Crippen LogP contribution < -0.4 is 96.8 Å². The minimum absolute atomic E-state index is 0.106. The highest BCUT2D eigenvalue weighted by Crippen LogP contribution is 2.47. The highest BCUT2D eigenvalue weighted by Gasteiger charge is 2.48. The number of hydrogen-bond acceptors (Lipinski definition) is 24. The van der Waals surface area contributed by atoms with Crippen molar-refractivity contribution in [1.29, 1.82) is 0 Å². The lowest BCUT2D eigenvalue weighted by Gasteiger charge is -2.39. The molecule has 23 N–H and O–H groups in total. The van der Waals surface area contributed by atoms with Crippen molar-refractivity contribution in [3.05, 3.63) is 143 Å². The number of nitrogens with two attached hydrogens (primary N) is 4. The number of carboxylic acid groups (broad SMARTS) is 1. The second kappa shape index (κ2) is 49.3. The van der Waals surface area contributed by atoms with Gasteiger partial charge in [0.25, 0.3) is 0 Å². The number of amides is 17. The number of aromatic amines is 1. The van der Waals surface area contributed by atoms with Gasteiger partial charge in [0.15, 0.2) is 0 Å². The molecule has 718 valence electrons. The van der Waals surface area contributed by atoms with Gasteiger partial charge in [-0.2, -0.15) is 0 Å². The molecule has 4 heterocycles. The molecule has 133 heavy (non-hydrogen) atoms. The maximum atomic E-state index is 16.4. The van der Waals surface area contributed by atoms with E-state index in [4.69, 9.17) is 32.4 Å². The third kappa shape index (κ3) is 31.5. The molecule has 6 aromatic rings. The number of primary amides is 3. The predicted molar refractivity (Wildman–Crippen MR) is 492 cm³/mol. The van der Waals surface area contributed by atoms with Crippen LogP contribution in [0.3, 0.4) is 0 Å². The number of rotatable bonds is 40. The number of aliphatic carboxylic acids is 1. The number of nitrogens with one attached hydrogen (secondary N) is 14. The number of carbonyl (C=O) groups is 18. The second-order valence-corrected chi connectivity index (χ2v) is 37.4. The minimum atomic E-state index is -2.09. The van der Waals surface area contributed by atoms with Gasteiger partial charge in [0.2, 0.25) is 100 Å². The van der Waals surface area contributed by atoms with Crippen molar-refractivity contribution >= 4 is 150 Å². The van der Waals surface area contributed by atoms with E-state index in [-0.39, 0.29) is 96.6 Å². The third-order valence-electron chi connectivity index (χ3n) is 22.4. The SMILES string of the molecule is CC[C@@H]1NC(=O)[C@H](CC(N)=O)NC(=O)[C@@H](NC(C)=O)C(C)(C)SSC(C)(C)[C@@H](C(=O)N[C@@H](Cc2ccc(OCCN)cc2)C(=O)N[C@@H](Cc2ccc3ccccc3c2)C(=O)NC2(C(=O)N[C@@H](CCC(=O)O)C(=O)N[C@@H](CC(N)=O)C(=O)N[C@@H](Cc3cccnc3)C(=O)N(C)CC(N)=O)CCOCC2)NC(=O)[C@H](CCCCNC(C)=O)NC(=O)[C@H](Cc2c[nH]c3c(C)cccc23)NC1=O. The Labute approximate surface area is 775 Å². The average molecular weight is 1880 g/mol.